The normalized spacial score (nSPS) is 25.4. The number of rotatable bonds is 6. The smallest absolute Gasteiger partial charge is 0.226 e. The van der Waals surface area contributed by atoms with Crippen LogP contribution in [0.4, 0.5) is 0 Å². The van der Waals surface area contributed by atoms with Crippen LogP contribution in [0.3, 0.4) is 0 Å². The molecule has 2 aliphatic heterocycles. The second kappa shape index (κ2) is 9.97. The van der Waals surface area contributed by atoms with Crippen LogP contribution < -0.4 is 10.1 Å². The van der Waals surface area contributed by atoms with Gasteiger partial charge in [0.05, 0.1) is 6.61 Å². The molecule has 164 valence electrons. The lowest BCUT2D eigenvalue weighted by Crippen LogP contribution is -2.38. The van der Waals surface area contributed by atoms with Gasteiger partial charge in [-0.25, -0.2) is 0 Å². The van der Waals surface area contributed by atoms with Gasteiger partial charge in [-0.15, -0.1) is 0 Å². The molecule has 1 N–H and O–H groups in total. The highest BCUT2D eigenvalue weighted by Gasteiger charge is 2.32. The van der Waals surface area contributed by atoms with Gasteiger partial charge in [0, 0.05) is 25.0 Å². The zero-order chi connectivity index (χ0) is 20.9. The number of amides is 1. The quantitative estimate of drug-likeness (QED) is 0.779. The SMILES string of the molecule is CN(C)C1CCN(C(=O)C2CC=C(c3ccc(OCC4CCNCC4)cc3)CC2)C1. The van der Waals surface area contributed by atoms with Gasteiger partial charge in [0.15, 0.2) is 0 Å². The molecule has 3 aliphatic rings. The van der Waals surface area contributed by atoms with E-state index in [9.17, 15) is 4.79 Å². The van der Waals surface area contributed by atoms with Gasteiger partial charge in [0.2, 0.25) is 5.91 Å². The number of likely N-dealkylation sites (tertiary alicyclic amines) is 1. The van der Waals surface area contributed by atoms with Crippen LogP contribution in [0.25, 0.3) is 5.57 Å². The van der Waals surface area contributed by atoms with Crippen molar-refractivity contribution in [1.82, 2.24) is 15.1 Å². The Morgan fingerprint density at radius 3 is 2.53 bits per heavy atom. The molecule has 2 atom stereocenters. The minimum absolute atomic E-state index is 0.155. The maximum atomic E-state index is 12.9. The Morgan fingerprint density at radius 2 is 1.90 bits per heavy atom. The summed E-state index contributed by atoms with van der Waals surface area (Å²) >= 11 is 0. The fourth-order valence-electron chi connectivity index (χ4n) is 4.97. The molecule has 2 saturated heterocycles. The number of nitrogens with one attached hydrogen (secondary N) is 1. The third-order valence-corrected chi connectivity index (χ3v) is 7.14. The molecule has 30 heavy (non-hydrogen) atoms. The Labute approximate surface area is 181 Å². The number of piperidine rings is 1. The molecule has 0 saturated carbocycles. The number of likely N-dealkylation sites (N-methyl/N-ethyl adjacent to an activating group) is 1. The van der Waals surface area contributed by atoms with Gasteiger partial charge in [0.1, 0.15) is 5.75 Å². The van der Waals surface area contributed by atoms with Crippen molar-refractivity contribution in [3.63, 3.8) is 0 Å². The molecule has 0 bridgehead atoms. The Morgan fingerprint density at radius 1 is 1.13 bits per heavy atom. The van der Waals surface area contributed by atoms with E-state index in [2.05, 4.69) is 59.6 Å². The molecule has 2 unspecified atom stereocenters. The lowest BCUT2D eigenvalue weighted by atomic mass is 9.86. The van der Waals surface area contributed by atoms with E-state index in [0.717, 1.165) is 64.2 Å². The third-order valence-electron chi connectivity index (χ3n) is 7.14. The number of hydrogen-bond donors (Lipinski definition) is 1. The average Bonchev–Trinajstić information content (AvgIpc) is 3.29. The highest BCUT2D eigenvalue weighted by Crippen LogP contribution is 2.33. The van der Waals surface area contributed by atoms with E-state index in [0.29, 0.717) is 17.9 Å². The molecule has 2 heterocycles. The van der Waals surface area contributed by atoms with Crippen LogP contribution in [0, 0.1) is 11.8 Å². The lowest BCUT2D eigenvalue weighted by Gasteiger charge is -2.27. The van der Waals surface area contributed by atoms with Crippen LogP contribution >= 0.6 is 0 Å². The Bertz CT molecular complexity index is 737. The van der Waals surface area contributed by atoms with E-state index in [-0.39, 0.29) is 5.92 Å². The molecule has 1 amide bonds. The predicted octanol–water partition coefficient (Wildman–Crippen LogP) is 3.41. The zero-order valence-electron chi connectivity index (χ0n) is 18.6. The highest BCUT2D eigenvalue weighted by molar-refractivity contribution is 5.81. The van der Waals surface area contributed by atoms with Crippen molar-refractivity contribution in [2.75, 3.05) is 46.9 Å². The molecule has 0 aromatic heterocycles. The first-order valence-corrected chi connectivity index (χ1v) is 11.7. The molecule has 2 fully saturated rings. The highest BCUT2D eigenvalue weighted by atomic mass is 16.5. The summed E-state index contributed by atoms with van der Waals surface area (Å²) in [6.45, 7) is 4.83. The van der Waals surface area contributed by atoms with E-state index >= 15 is 0 Å². The number of benzene rings is 1. The second-order valence-electron chi connectivity index (χ2n) is 9.42. The standard InChI is InChI=1S/C25H37N3O2/c1-27(2)23-13-16-28(17-23)25(29)22-5-3-20(4-6-22)21-7-9-24(10-8-21)30-18-19-11-14-26-15-12-19/h3,7-10,19,22-23,26H,4-6,11-18H2,1-2H3. The summed E-state index contributed by atoms with van der Waals surface area (Å²) in [5, 5.41) is 3.40. The molecule has 1 aromatic rings. The molecule has 0 radical (unpaired) electrons. The van der Waals surface area contributed by atoms with E-state index < -0.39 is 0 Å². The van der Waals surface area contributed by atoms with Gasteiger partial charge in [-0.3, -0.25) is 4.79 Å². The van der Waals surface area contributed by atoms with E-state index in [1.54, 1.807) is 0 Å². The topological polar surface area (TPSA) is 44.8 Å². The molecule has 4 rings (SSSR count). The summed E-state index contributed by atoms with van der Waals surface area (Å²) in [5.41, 5.74) is 2.64. The van der Waals surface area contributed by atoms with Crippen molar-refractivity contribution >= 4 is 11.5 Å². The van der Waals surface area contributed by atoms with E-state index in [1.807, 2.05) is 0 Å². The maximum Gasteiger partial charge on any atom is 0.226 e. The largest absolute Gasteiger partial charge is 0.493 e. The first-order chi connectivity index (χ1) is 14.6. The van der Waals surface area contributed by atoms with Gasteiger partial charge < -0.3 is 19.9 Å². The van der Waals surface area contributed by atoms with Crippen molar-refractivity contribution in [1.29, 1.82) is 0 Å². The fourth-order valence-corrected chi connectivity index (χ4v) is 4.97. The maximum absolute atomic E-state index is 12.9. The zero-order valence-corrected chi connectivity index (χ0v) is 18.6. The van der Waals surface area contributed by atoms with Gasteiger partial charge in [-0.05, 0) is 94.9 Å². The Hall–Kier alpha value is -1.85. The van der Waals surface area contributed by atoms with Gasteiger partial charge in [0.25, 0.3) is 0 Å². The molecule has 1 aliphatic carbocycles. The summed E-state index contributed by atoms with van der Waals surface area (Å²) in [5.74, 6) is 2.15. The van der Waals surface area contributed by atoms with Crippen molar-refractivity contribution in [2.45, 2.75) is 44.6 Å². The first-order valence-electron chi connectivity index (χ1n) is 11.7. The van der Waals surface area contributed by atoms with Gasteiger partial charge in [-0.2, -0.15) is 0 Å². The van der Waals surface area contributed by atoms with Crippen molar-refractivity contribution < 1.29 is 9.53 Å². The van der Waals surface area contributed by atoms with Crippen LogP contribution in [0.5, 0.6) is 5.75 Å². The Kier molecular flexibility index (Phi) is 7.11. The second-order valence-corrected chi connectivity index (χ2v) is 9.42. The number of hydrogen-bond acceptors (Lipinski definition) is 4. The number of allylic oxidation sites excluding steroid dienone is 2. The summed E-state index contributed by atoms with van der Waals surface area (Å²) in [6.07, 6.45) is 8.61. The summed E-state index contributed by atoms with van der Waals surface area (Å²) in [6, 6.07) is 9.06. The predicted molar refractivity (Wildman–Crippen MR) is 122 cm³/mol. The molecule has 0 spiro atoms. The summed E-state index contributed by atoms with van der Waals surface area (Å²) < 4.78 is 6.02. The van der Waals surface area contributed by atoms with Crippen LogP contribution in [-0.4, -0.2) is 68.6 Å². The number of carbonyl (C=O) groups excluding carboxylic acids is 1. The molecule has 5 heteroatoms. The first kappa shape index (κ1) is 21.4. The van der Waals surface area contributed by atoms with Crippen LogP contribution in [-0.2, 0) is 4.79 Å². The number of nitrogens with zero attached hydrogens (tertiary/aromatic N) is 2. The van der Waals surface area contributed by atoms with Crippen molar-refractivity contribution in [3.8, 4) is 5.75 Å². The van der Waals surface area contributed by atoms with Crippen LogP contribution in [0.1, 0.15) is 44.1 Å². The number of carbonyl (C=O) groups is 1. The third kappa shape index (κ3) is 5.25. The monoisotopic (exact) mass is 411 g/mol. The summed E-state index contributed by atoms with van der Waals surface area (Å²) in [4.78, 5) is 17.2. The molecule has 1 aromatic carbocycles. The summed E-state index contributed by atoms with van der Waals surface area (Å²) in [7, 11) is 4.22. The number of ether oxygens (including phenoxy) is 1. The Balaban J connectivity index is 1.27. The minimum atomic E-state index is 0.155. The lowest BCUT2D eigenvalue weighted by molar-refractivity contribution is -0.134. The molecular weight excluding hydrogens is 374 g/mol. The van der Waals surface area contributed by atoms with Crippen molar-refractivity contribution in [3.05, 3.63) is 35.9 Å². The van der Waals surface area contributed by atoms with E-state index in [1.165, 1.54) is 24.0 Å². The van der Waals surface area contributed by atoms with Crippen LogP contribution in [0.15, 0.2) is 30.3 Å². The molecular formula is C25H37N3O2. The van der Waals surface area contributed by atoms with Crippen molar-refractivity contribution in [2.24, 2.45) is 11.8 Å². The minimum Gasteiger partial charge on any atom is -0.493 e. The van der Waals surface area contributed by atoms with Gasteiger partial charge in [-0.1, -0.05) is 18.2 Å². The average molecular weight is 412 g/mol. The van der Waals surface area contributed by atoms with E-state index in [4.69, 9.17) is 4.74 Å². The molecule has 5 nitrogen and oxygen atoms in total. The van der Waals surface area contributed by atoms with Crippen LogP contribution in [0.2, 0.25) is 0 Å². The van der Waals surface area contributed by atoms with Gasteiger partial charge >= 0.3 is 0 Å². The fraction of sp³-hybridized carbons (Fsp3) is 0.640.